The van der Waals surface area contributed by atoms with E-state index in [9.17, 15) is 13.5 Å². The van der Waals surface area contributed by atoms with Crippen molar-refractivity contribution in [1.29, 1.82) is 0 Å². The Balaban J connectivity index is 2.02. The number of aromatic hydroxyl groups is 1. The van der Waals surface area contributed by atoms with E-state index in [1.54, 1.807) is 12.3 Å². The quantitative estimate of drug-likeness (QED) is 0.561. The number of sulfonamides is 1. The van der Waals surface area contributed by atoms with Gasteiger partial charge in [0.1, 0.15) is 5.75 Å². The molecule has 0 fully saturated rings. The Bertz CT molecular complexity index is 687. The number of benzene rings is 1. The highest BCUT2D eigenvalue weighted by Gasteiger charge is 2.14. The zero-order valence-electron chi connectivity index (χ0n) is 10.7. The third-order valence-corrected chi connectivity index (χ3v) is 4.17. The molecule has 0 bridgehead atoms. The van der Waals surface area contributed by atoms with Crippen LogP contribution in [0.25, 0.3) is 0 Å². The molecule has 6 nitrogen and oxygen atoms in total. The van der Waals surface area contributed by atoms with Gasteiger partial charge in [-0.1, -0.05) is 6.07 Å². The SMILES string of the molecule is Nc1cc(S(=O)(=O)NCCc2ccccn2)ccc1O. The van der Waals surface area contributed by atoms with E-state index >= 15 is 0 Å². The van der Waals surface area contributed by atoms with Crippen LogP contribution in [0.3, 0.4) is 0 Å². The van der Waals surface area contributed by atoms with Crippen LogP contribution in [-0.2, 0) is 16.4 Å². The van der Waals surface area contributed by atoms with Crippen molar-refractivity contribution >= 4 is 15.7 Å². The summed E-state index contributed by atoms with van der Waals surface area (Å²) in [4.78, 5) is 4.13. The lowest BCUT2D eigenvalue weighted by Gasteiger charge is -2.08. The summed E-state index contributed by atoms with van der Waals surface area (Å²) in [6.07, 6.45) is 2.15. The first kappa shape index (κ1) is 14.3. The minimum absolute atomic E-state index is 0.0221. The highest BCUT2D eigenvalue weighted by molar-refractivity contribution is 7.89. The van der Waals surface area contributed by atoms with E-state index in [0.29, 0.717) is 6.42 Å². The Hall–Kier alpha value is -2.12. The van der Waals surface area contributed by atoms with Crippen LogP contribution in [0.2, 0.25) is 0 Å². The highest BCUT2D eigenvalue weighted by Crippen LogP contribution is 2.22. The molecule has 0 spiro atoms. The smallest absolute Gasteiger partial charge is 0.240 e. The summed E-state index contributed by atoms with van der Waals surface area (Å²) in [5, 5.41) is 9.29. The Morgan fingerprint density at radius 3 is 2.70 bits per heavy atom. The highest BCUT2D eigenvalue weighted by atomic mass is 32.2. The molecule has 0 aliphatic heterocycles. The molecule has 2 aromatic rings. The Kier molecular flexibility index (Phi) is 4.21. The normalized spacial score (nSPS) is 11.4. The third-order valence-electron chi connectivity index (χ3n) is 2.71. The third kappa shape index (κ3) is 3.46. The molecule has 0 atom stereocenters. The number of nitrogen functional groups attached to an aromatic ring is 1. The van der Waals surface area contributed by atoms with Gasteiger partial charge < -0.3 is 10.8 Å². The minimum Gasteiger partial charge on any atom is -0.506 e. The van der Waals surface area contributed by atoms with Crippen LogP contribution >= 0.6 is 0 Å². The fourth-order valence-corrected chi connectivity index (χ4v) is 2.71. The van der Waals surface area contributed by atoms with Gasteiger partial charge >= 0.3 is 0 Å². The fraction of sp³-hybridized carbons (Fsp3) is 0.154. The number of hydrogen-bond acceptors (Lipinski definition) is 5. The van der Waals surface area contributed by atoms with Crippen molar-refractivity contribution < 1.29 is 13.5 Å². The first-order valence-corrected chi connectivity index (χ1v) is 7.45. The summed E-state index contributed by atoms with van der Waals surface area (Å²) in [6, 6.07) is 9.24. The van der Waals surface area contributed by atoms with E-state index < -0.39 is 10.0 Å². The lowest BCUT2D eigenvalue weighted by atomic mass is 10.3. The maximum Gasteiger partial charge on any atom is 0.240 e. The molecule has 7 heteroatoms. The number of phenols is 1. The van der Waals surface area contributed by atoms with Crippen molar-refractivity contribution in [3.05, 3.63) is 48.3 Å². The fourth-order valence-electron chi connectivity index (χ4n) is 1.64. The summed E-state index contributed by atoms with van der Waals surface area (Å²) in [6.45, 7) is 0.236. The van der Waals surface area contributed by atoms with E-state index in [1.165, 1.54) is 18.2 Å². The second-order valence-electron chi connectivity index (χ2n) is 4.19. The number of hydrogen-bond donors (Lipinski definition) is 3. The molecule has 0 amide bonds. The van der Waals surface area contributed by atoms with Gasteiger partial charge in [0.25, 0.3) is 0 Å². The topological polar surface area (TPSA) is 105 Å². The lowest BCUT2D eigenvalue weighted by molar-refractivity contribution is 0.477. The van der Waals surface area contributed by atoms with Crippen LogP contribution < -0.4 is 10.5 Å². The molecule has 0 unspecified atom stereocenters. The van der Waals surface area contributed by atoms with Gasteiger partial charge in [0.15, 0.2) is 0 Å². The second kappa shape index (κ2) is 5.89. The number of nitrogens with one attached hydrogen (secondary N) is 1. The average Bonchev–Trinajstić information content (AvgIpc) is 2.43. The molecule has 106 valence electrons. The number of nitrogens with zero attached hydrogens (tertiary/aromatic N) is 1. The van der Waals surface area contributed by atoms with E-state index in [4.69, 9.17) is 5.73 Å². The number of rotatable bonds is 5. The second-order valence-corrected chi connectivity index (χ2v) is 5.96. The first-order valence-electron chi connectivity index (χ1n) is 5.97. The first-order chi connectivity index (χ1) is 9.49. The number of pyridine rings is 1. The van der Waals surface area contributed by atoms with Crippen molar-refractivity contribution in [2.45, 2.75) is 11.3 Å². The average molecular weight is 293 g/mol. The minimum atomic E-state index is -3.64. The number of aromatic nitrogens is 1. The summed E-state index contributed by atoms with van der Waals surface area (Å²) in [7, 11) is -3.64. The van der Waals surface area contributed by atoms with E-state index in [-0.39, 0.29) is 22.9 Å². The summed E-state index contributed by atoms with van der Waals surface area (Å²) in [5.41, 5.74) is 6.32. The Labute approximate surface area is 117 Å². The van der Waals surface area contributed by atoms with Crippen LogP contribution in [0.15, 0.2) is 47.5 Å². The number of nitrogens with two attached hydrogens (primary N) is 1. The van der Waals surface area contributed by atoms with Crippen molar-refractivity contribution in [2.75, 3.05) is 12.3 Å². The standard InChI is InChI=1S/C13H15N3O3S/c14-12-9-11(4-5-13(12)17)20(18,19)16-8-6-10-3-1-2-7-15-10/h1-5,7,9,16-17H,6,8,14H2. The summed E-state index contributed by atoms with van der Waals surface area (Å²) in [5.74, 6) is -0.141. The maximum atomic E-state index is 12.0. The predicted octanol–water partition coefficient (Wildman–Crippen LogP) is 0.890. The van der Waals surface area contributed by atoms with Gasteiger partial charge in [0.2, 0.25) is 10.0 Å². The van der Waals surface area contributed by atoms with Gasteiger partial charge in [-0.25, -0.2) is 13.1 Å². The monoisotopic (exact) mass is 293 g/mol. The number of anilines is 1. The van der Waals surface area contributed by atoms with Gasteiger partial charge in [-0.3, -0.25) is 4.98 Å². The van der Waals surface area contributed by atoms with Crippen LogP contribution in [0.5, 0.6) is 5.75 Å². The largest absolute Gasteiger partial charge is 0.506 e. The summed E-state index contributed by atoms with van der Waals surface area (Å²) >= 11 is 0. The molecular formula is C13H15N3O3S. The van der Waals surface area contributed by atoms with Crippen LogP contribution in [0, 0.1) is 0 Å². The van der Waals surface area contributed by atoms with Crippen LogP contribution in [0.1, 0.15) is 5.69 Å². The summed E-state index contributed by atoms with van der Waals surface area (Å²) < 4.78 is 26.5. The van der Waals surface area contributed by atoms with Crippen molar-refractivity contribution in [2.24, 2.45) is 0 Å². The molecule has 0 aliphatic rings. The van der Waals surface area contributed by atoms with Gasteiger partial charge in [-0.05, 0) is 30.3 Å². The van der Waals surface area contributed by atoms with Gasteiger partial charge in [0, 0.05) is 24.9 Å². The van der Waals surface area contributed by atoms with Gasteiger partial charge in [0.05, 0.1) is 10.6 Å². The molecule has 0 saturated heterocycles. The van der Waals surface area contributed by atoms with Crippen LogP contribution in [-0.4, -0.2) is 25.1 Å². The zero-order chi connectivity index (χ0) is 14.6. The van der Waals surface area contributed by atoms with E-state index in [1.807, 2.05) is 12.1 Å². The van der Waals surface area contributed by atoms with E-state index in [2.05, 4.69) is 9.71 Å². The molecule has 0 aliphatic carbocycles. The van der Waals surface area contributed by atoms with Crippen molar-refractivity contribution in [3.8, 4) is 5.75 Å². The van der Waals surface area contributed by atoms with Crippen LogP contribution in [0.4, 0.5) is 5.69 Å². The molecule has 0 radical (unpaired) electrons. The molecule has 2 rings (SSSR count). The van der Waals surface area contributed by atoms with E-state index in [0.717, 1.165) is 5.69 Å². The molecule has 4 N–H and O–H groups in total. The molecule has 1 aromatic heterocycles. The zero-order valence-corrected chi connectivity index (χ0v) is 11.5. The maximum absolute atomic E-state index is 12.0. The van der Waals surface area contributed by atoms with Gasteiger partial charge in [-0.15, -0.1) is 0 Å². The molecular weight excluding hydrogens is 278 g/mol. The Morgan fingerprint density at radius 1 is 1.25 bits per heavy atom. The lowest BCUT2D eigenvalue weighted by Crippen LogP contribution is -2.26. The number of phenolic OH excluding ortho intramolecular Hbond substituents is 1. The molecule has 0 saturated carbocycles. The molecule has 1 aromatic carbocycles. The van der Waals surface area contributed by atoms with Crippen molar-refractivity contribution in [1.82, 2.24) is 9.71 Å². The van der Waals surface area contributed by atoms with Gasteiger partial charge in [-0.2, -0.15) is 0 Å². The molecule has 20 heavy (non-hydrogen) atoms. The Morgan fingerprint density at radius 2 is 2.05 bits per heavy atom. The molecule has 1 heterocycles. The predicted molar refractivity (Wildman–Crippen MR) is 75.6 cm³/mol. The van der Waals surface area contributed by atoms with Crippen molar-refractivity contribution in [3.63, 3.8) is 0 Å².